The Balaban J connectivity index is 2.47. The molecule has 17 heavy (non-hydrogen) atoms. The van der Waals surface area contributed by atoms with Crippen molar-refractivity contribution in [3.05, 3.63) is 27.1 Å². The summed E-state index contributed by atoms with van der Waals surface area (Å²) < 4.78 is 7.20. The zero-order chi connectivity index (χ0) is 12.8. The van der Waals surface area contributed by atoms with Crippen molar-refractivity contribution in [3.63, 3.8) is 0 Å². The second-order valence-electron chi connectivity index (χ2n) is 3.74. The summed E-state index contributed by atoms with van der Waals surface area (Å²) in [5.41, 5.74) is 0. The Hall–Kier alpha value is -0.550. The van der Waals surface area contributed by atoms with Crippen LogP contribution in [0.2, 0.25) is 0 Å². The van der Waals surface area contributed by atoms with Gasteiger partial charge in [0.25, 0.3) is 5.91 Å². The lowest BCUT2D eigenvalue weighted by Crippen LogP contribution is -2.35. The van der Waals surface area contributed by atoms with E-state index in [4.69, 9.17) is 4.74 Å². The standard InChI is InChI=1S/C12H15Br2NO2/c1-3-8(2)15-12(16)7-17-11-5-4-9(13)6-10(11)14/h4-6,8H,3,7H2,1-2H3,(H,15,16)/t8-/m1/s1. The largest absolute Gasteiger partial charge is 0.483 e. The SMILES string of the molecule is CC[C@@H](C)NC(=O)COc1ccc(Br)cc1Br. The molecule has 3 nitrogen and oxygen atoms in total. The number of hydrogen-bond donors (Lipinski definition) is 1. The monoisotopic (exact) mass is 363 g/mol. The minimum atomic E-state index is -0.103. The van der Waals surface area contributed by atoms with Crippen molar-refractivity contribution in [1.29, 1.82) is 0 Å². The molecular weight excluding hydrogens is 350 g/mol. The molecular formula is C12H15Br2NO2. The number of benzene rings is 1. The molecule has 0 bridgehead atoms. The topological polar surface area (TPSA) is 38.3 Å². The Kier molecular flexibility index (Phi) is 5.98. The number of halogens is 2. The molecule has 5 heteroatoms. The van der Waals surface area contributed by atoms with Gasteiger partial charge in [0.1, 0.15) is 5.75 Å². The highest BCUT2D eigenvalue weighted by atomic mass is 79.9. The molecule has 0 saturated carbocycles. The molecule has 1 atom stereocenters. The zero-order valence-corrected chi connectivity index (χ0v) is 13.0. The average Bonchev–Trinajstić information content (AvgIpc) is 2.27. The number of rotatable bonds is 5. The molecule has 0 aromatic heterocycles. The van der Waals surface area contributed by atoms with Crippen molar-refractivity contribution >= 4 is 37.8 Å². The fraction of sp³-hybridized carbons (Fsp3) is 0.417. The summed E-state index contributed by atoms with van der Waals surface area (Å²) in [7, 11) is 0. The third kappa shape index (κ3) is 5.08. The molecule has 0 aliphatic heterocycles. The molecule has 1 rings (SSSR count). The third-order valence-corrected chi connectivity index (χ3v) is 3.39. The van der Waals surface area contributed by atoms with E-state index in [1.54, 1.807) is 0 Å². The molecule has 1 N–H and O–H groups in total. The lowest BCUT2D eigenvalue weighted by atomic mass is 10.2. The lowest BCUT2D eigenvalue weighted by molar-refractivity contribution is -0.123. The molecule has 0 saturated heterocycles. The molecule has 0 fully saturated rings. The number of carbonyl (C=O) groups excluding carboxylic acids is 1. The minimum Gasteiger partial charge on any atom is -0.483 e. The molecule has 94 valence electrons. The number of carbonyl (C=O) groups is 1. The van der Waals surface area contributed by atoms with Crippen molar-refractivity contribution in [3.8, 4) is 5.75 Å². The number of hydrogen-bond acceptors (Lipinski definition) is 2. The van der Waals surface area contributed by atoms with Crippen molar-refractivity contribution < 1.29 is 9.53 Å². The van der Waals surface area contributed by atoms with E-state index < -0.39 is 0 Å². The van der Waals surface area contributed by atoms with Crippen molar-refractivity contribution in [2.24, 2.45) is 0 Å². The number of nitrogens with one attached hydrogen (secondary N) is 1. The third-order valence-electron chi connectivity index (χ3n) is 2.27. The Labute approximate surface area is 118 Å². The fourth-order valence-corrected chi connectivity index (χ4v) is 2.32. The first kappa shape index (κ1) is 14.5. The predicted octanol–water partition coefficient (Wildman–Crippen LogP) is 3.51. The van der Waals surface area contributed by atoms with E-state index >= 15 is 0 Å². The fourth-order valence-electron chi connectivity index (χ4n) is 1.15. The minimum absolute atomic E-state index is 0.0323. The van der Waals surface area contributed by atoms with E-state index in [9.17, 15) is 4.79 Å². The van der Waals surface area contributed by atoms with Crippen LogP contribution >= 0.6 is 31.9 Å². The van der Waals surface area contributed by atoms with Gasteiger partial charge in [0, 0.05) is 10.5 Å². The van der Waals surface area contributed by atoms with Gasteiger partial charge < -0.3 is 10.1 Å². The van der Waals surface area contributed by atoms with Gasteiger partial charge in [-0.1, -0.05) is 22.9 Å². The Bertz CT molecular complexity index is 396. The molecule has 0 aliphatic carbocycles. The summed E-state index contributed by atoms with van der Waals surface area (Å²) in [5, 5.41) is 2.84. The van der Waals surface area contributed by atoms with Gasteiger partial charge in [-0.2, -0.15) is 0 Å². The summed E-state index contributed by atoms with van der Waals surface area (Å²) in [4.78, 5) is 11.5. The van der Waals surface area contributed by atoms with Crippen molar-refractivity contribution in [2.75, 3.05) is 6.61 Å². The zero-order valence-electron chi connectivity index (χ0n) is 9.80. The smallest absolute Gasteiger partial charge is 0.258 e. The van der Waals surface area contributed by atoms with Gasteiger partial charge in [0.2, 0.25) is 0 Å². The Morgan fingerprint density at radius 2 is 2.18 bits per heavy atom. The molecule has 0 spiro atoms. The van der Waals surface area contributed by atoms with Crippen LogP contribution in [0.1, 0.15) is 20.3 Å². The van der Waals surface area contributed by atoms with E-state index in [1.165, 1.54) is 0 Å². The van der Waals surface area contributed by atoms with Crippen LogP contribution in [0.15, 0.2) is 27.1 Å². The molecule has 0 radical (unpaired) electrons. The summed E-state index contributed by atoms with van der Waals surface area (Å²) >= 11 is 6.73. The summed E-state index contributed by atoms with van der Waals surface area (Å²) in [5.74, 6) is 0.557. The molecule has 1 aromatic carbocycles. The maximum absolute atomic E-state index is 11.5. The van der Waals surface area contributed by atoms with Gasteiger partial charge in [0.05, 0.1) is 4.47 Å². The van der Waals surface area contributed by atoms with Crippen LogP contribution in [-0.2, 0) is 4.79 Å². The highest BCUT2D eigenvalue weighted by Crippen LogP contribution is 2.27. The molecule has 1 aromatic rings. The van der Waals surface area contributed by atoms with Crippen LogP contribution in [0.3, 0.4) is 0 Å². The number of ether oxygens (including phenoxy) is 1. The summed E-state index contributed by atoms with van der Waals surface area (Å²) in [6, 6.07) is 5.73. The van der Waals surface area contributed by atoms with Gasteiger partial charge in [0.15, 0.2) is 6.61 Å². The van der Waals surface area contributed by atoms with E-state index in [2.05, 4.69) is 37.2 Å². The van der Waals surface area contributed by atoms with Crippen LogP contribution in [-0.4, -0.2) is 18.6 Å². The van der Waals surface area contributed by atoms with Crippen LogP contribution < -0.4 is 10.1 Å². The quantitative estimate of drug-likeness (QED) is 0.868. The highest BCUT2D eigenvalue weighted by molar-refractivity contribution is 9.11. The maximum Gasteiger partial charge on any atom is 0.258 e. The second kappa shape index (κ2) is 7.01. The van der Waals surface area contributed by atoms with Crippen LogP contribution in [0.5, 0.6) is 5.75 Å². The van der Waals surface area contributed by atoms with Gasteiger partial charge in [-0.3, -0.25) is 4.79 Å². The Morgan fingerprint density at radius 3 is 2.76 bits per heavy atom. The van der Waals surface area contributed by atoms with Gasteiger partial charge >= 0.3 is 0 Å². The van der Waals surface area contributed by atoms with Gasteiger partial charge in [-0.05, 0) is 47.5 Å². The lowest BCUT2D eigenvalue weighted by Gasteiger charge is -2.12. The Morgan fingerprint density at radius 1 is 1.47 bits per heavy atom. The van der Waals surface area contributed by atoms with Gasteiger partial charge in [-0.25, -0.2) is 0 Å². The van der Waals surface area contributed by atoms with E-state index in [-0.39, 0.29) is 18.6 Å². The summed E-state index contributed by atoms with van der Waals surface area (Å²) in [6.45, 7) is 4.02. The van der Waals surface area contributed by atoms with Crippen LogP contribution in [0, 0.1) is 0 Å². The highest BCUT2D eigenvalue weighted by Gasteiger charge is 2.08. The molecule has 0 heterocycles. The predicted molar refractivity (Wildman–Crippen MR) is 75.2 cm³/mol. The summed E-state index contributed by atoms with van der Waals surface area (Å²) in [6.07, 6.45) is 0.910. The first-order valence-electron chi connectivity index (χ1n) is 5.40. The van der Waals surface area contributed by atoms with Gasteiger partial charge in [-0.15, -0.1) is 0 Å². The van der Waals surface area contributed by atoms with E-state index in [1.807, 2.05) is 32.0 Å². The molecule has 1 amide bonds. The first-order valence-corrected chi connectivity index (χ1v) is 6.98. The molecule has 0 aliphatic rings. The second-order valence-corrected chi connectivity index (χ2v) is 5.51. The normalized spacial score (nSPS) is 12.0. The van der Waals surface area contributed by atoms with Crippen molar-refractivity contribution in [2.45, 2.75) is 26.3 Å². The molecule has 0 unspecified atom stereocenters. The average molecular weight is 365 g/mol. The number of amides is 1. The van der Waals surface area contributed by atoms with Crippen LogP contribution in [0.4, 0.5) is 0 Å². The first-order chi connectivity index (χ1) is 8.02. The van der Waals surface area contributed by atoms with E-state index in [0.717, 1.165) is 15.4 Å². The van der Waals surface area contributed by atoms with E-state index in [0.29, 0.717) is 5.75 Å². The maximum atomic E-state index is 11.5. The van der Waals surface area contributed by atoms with Crippen molar-refractivity contribution in [1.82, 2.24) is 5.32 Å². The van der Waals surface area contributed by atoms with Crippen LogP contribution in [0.25, 0.3) is 0 Å².